The van der Waals surface area contributed by atoms with Crippen molar-refractivity contribution in [3.8, 4) is 23.0 Å². The van der Waals surface area contributed by atoms with Gasteiger partial charge in [0.1, 0.15) is 6.61 Å². The second-order valence-corrected chi connectivity index (χ2v) is 5.36. The Hall–Kier alpha value is -2.60. The third-order valence-corrected chi connectivity index (χ3v) is 3.75. The monoisotopic (exact) mass is 334 g/mol. The summed E-state index contributed by atoms with van der Waals surface area (Å²) in [5.74, 6) is 1.75. The van der Waals surface area contributed by atoms with E-state index < -0.39 is 5.97 Å². The van der Waals surface area contributed by atoms with Crippen LogP contribution in [0.2, 0.25) is 5.02 Å². The lowest BCUT2D eigenvalue weighted by molar-refractivity contribution is 0.0472. The van der Waals surface area contributed by atoms with Crippen LogP contribution in [0.5, 0.6) is 23.0 Å². The van der Waals surface area contributed by atoms with Gasteiger partial charge in [-0.3, -0.25) is 0 Å². The molecule has 7 heteroatoms. The standard InChI is InChI=1S/C16H11ClO6/c17-11-3-9(4-14-15(11)23-8-22-14)6-19-16(18)10-1-2-12-13(5-10)21-7-20-12/h1-5H,6-8H2. The second-order valence-electron chi connectivity index (χ2n) is 4.96. The Morgan fingerprint density at radius 3 is 2.70 bits per heavy atom. The second kappa shape index (κ2) is 5.55. The fourth-order valence-corrected chi connectivity index (χ4v) is 2.65. The van der Waals surface area contributed by atoms with Gasteiger partial charge in [0.05, 0.1) is 10.6 Å². The Bertz CT molecular complexity index is 788. The van der Waals surface area contributed by atoms with Gasteiger partial charge in [-0.1, -0.05) is 11.6 Å². The molecule has 0 bridgehead atoms. The summed E-state index contributed by atoms with van der Waals surface area (Å²) in [4.78, 5) is 12.1. The Morgan fingerprint density at radius 2 is 1.78 bits per heavy atom. The Balaban J connectivity index is 1.47. The molecular weight excluding hydrogens is 324 g/mol. The topological polar surface area (TPSA) is 63.2 Å². The van der Waals surface area contributed by atoms with Gasteiger partial charge in [-0.25, -0.2) is 4.79 Å². The Morgan fingerprint density at radius 1 is 1.00 bits per heavy atom. The molecule has 0 unspecified atom stereocenters. The lowest BCUT2D eigenvalue weighted by Crippen LogP contribution is -2.05. The molecule has 0 fully saturated rings. The molecule has 0 spiro atoms. The van der Waals surface area contributed by atoms with Gasteiger partial charge in [0, 0.05) is 0 Å². The van der Waals surface area contributed by atoms with Gasteiger partial charge < -0.3 is 23.7 Å². The minimum atomic E-state index is -0.461. The normalized spacial score (nSPS) is 14.0. The molecule has 0 N–H and O–H groups in total. The molecule has 0 amide bonds. The molecule has 23 heavy (non-hydrogen) atoms. The number of halogens is 1. The third kappa shape index (κ3) is 2.61. The fraction of sp³-hybridized carbons (Fsp3) is 0.188. The van der Waals surface area contributed by atoms with E-state index in [0.717, 1.165) is 0 Å². The van der Waals surface area contributed by atoms with Crippen molar-refractivity contribution in [1.82, 2.24) is 0 Å². The van der Waals surface area contributed by atoms with E-state index in [1.54, 1.807) is 30.3 Å². The lowest BCUT2D eigenvalue weighted by atomic mass is 10.2. The molecule has 6 nitrogen and oxygen atoms in total. The molecule has 2 aromatic rings. The van der Waals surface area contributed by atoms with Gasteiger partial charge in [-0.15, -0.1) is 0 Å². The van der Waals surface area contributed by atoms with E-state index in [1.165, 1.54) is 0 Å². The number of esters is 1. The summed E-state index contributed by atoms with van der Waals surface area (Å²) < 4.78 is 26.3. The number of hydrogen-bond donors (Lipinski definition) is 0. The predicted molar refractivity (Wildman–Crippen MR) is 79.3 cm³/mol. The van der Waals surface area contributed by atoms with Gasteiger partial charge in [-0.2, -0.15) is 0 Å². The highest BCUT2D eigenvalue weighted by Gasteiger charge is 2.20. The van der Waals surface area contributed by atoms with Crippen molar-refractivity contribution in [2.75, 3.05) is 13.6 Å². The molecule has 0 saturated heterocycles. The van der Waals surface area contributed by atoms with Crippen LogP contribution in [0.1, 0.15) is 15.9 Å². The van der Waals surface area contributed by atoms with Crippen LogP contribution >= 0.6 is 11.6 Å². The van der Waals surface area contributed by atoms with Crippen LogP contribution in [-0.4, -0.2) is 19.6 Å². The van der Waals surface area contributed by atoms with E-state index >= 15 is 0 Å². The van der Waals surface area contributed by atoms with E-state index in [4.69, 9.17) is 35.3 Å². The van der Waals surface area contributed by atoms with Crippen LogP contribution in [0.25, 0.3) is 0 Å². The van der Waals surface area contributed by atoms with Gasteiger partial charge in [0.25, 0.3) is 0 Å². The molecule has 2 aliphatic heterocycles. The molecule has 4 rings (SSSR count). The summed E-state index contributed by atoms with van der Waals surface area (Å²) in [6.07, 6.45) is 0. The van der Waals surface area contributed by atoms with Crippen molar-refractivity contribution < 1.29 is 28.5 Å². The van der Waals surface area contributed by atoms with Gasteiger partial charge in [0.15, 0.2) is 23.0 Å². The zero-order valence-electron chi connectivity index (χ0n) is 11.8. The summed E-state index contributed by atoms with van der Waals surface area (Å²) in [7, 11) is 0. The number of ether oxygens (including phenoxy) is 5. The highest BCUT2D eigenvalue weighted by molar-refractivity contribution is 6.32. The average molecular weight is 335 g/mol. The first kappa shape index (κ1) is 14.0. The Labute approximate surface area is 136 Å². The maximum Gasteiger partial charge on any atom is 0.338 e. The SMILES string of the molecule is O=C(OCc1cc(Cl)c2c(c1)OCO2)c1ccc2c(c1)OCO2. The van der Waals surface area contributed by atoms with Gasteiger partial charge in [0.2, 0.25) is 13.6 Å². The highest BCUT2D eigenvalue weighted by atomic mass is 35.5. The summed E-state index contributed by atoms with van der Waals surface area (Å²) in [6.45, 7) is 0.364. The maximum absolute atomic E-state index is 12.1. The molecule has 0 radical (unpaired) electrons. The van der Waals surface area contributed by atoms with Gasteiger partial charge >= 0.3 is 5.97 Å². The minimum Gasteiger partial charge on any atom is -0.457 e. The summed E-state index contributed by atoms with van der Waals surface area (Å²) in [6, 6.07) is 8.32. The third-order valence-electron chi connectivity index (χ3n) is 3.47. The van der Waals surface area contributed by atoms with Crippen LogP contribution < -0.4 is 18.9 Å². The van der Waals surface area contributed by atoms with E-state index in [1.807, 2.05) is 0 Å². The zero-order valence-corrected chi connectivity index (χ0v) is 12.6. The molecule has 2 aromatic carbocycles. The number of carbonyl (C=O) groups is 1. The lowest BCUT2D eigenvalue weighted by Gasteiger charge is -2.07. The fourth-order valence-electron chi connectivity index (χ4n) is 2.36. The number of carbonyl (C=O) groups excluding carboxylic acids is 1. The molecule has 0 aromatic heterocycles. The van der Waals surface area contributed by atoms with E-state index in [2.05, 4.69) is 0 Å². The molecule has 0 aliphatic carbocycles. The number of fused-ring (bicyclic) bond motifs is 2. The first-order chi connectivity index (χ1) is 11.2. The quantitative estimate of drug-likeness (QED) is 0.803. The molecule has 2 aliphatic rings. The predicted octanol–water partition coefficient (Wildman–Crippen LogP) is 3.15. The van der Waals surface area contributed by atoms with E-state index in [0.29, 0.717) is 39.1 Å². The smallest absolute Gasteiger partial charge is 0.338 e. The van der Waals surface area contributed by atoms with Crippen molar-refractivity contribution in [1.29, 1.82) is 0 Å². The van der Waals surface area contributed by atoms with Crippen molar-refractivity contribution in [3.05, 3.63) is 46.5 Å². The average Bonchev–Trinajstić information content (AvgIpc) is 3.20. The molecule has 2 heterocycles. The van der Waals surface area contributed by atoms with Crippen LogP contribution in [0.15, 0.2) is 30.3 Å². The van der Waals surface area contributed by atoms with Gasteiger partial charge in [-0.05, 0) is 35.9 Å². The van der Waals surface area contributed by atoms with Crippen LogP contribution in [0.4, 0.5) is 0 Å². The Kier molecular flexibility index (Phi) is 3.38. The first-order valence-electron chi connectivity index (χ1n) is 6.85. The summed E-state index contributed by atoms with van der Waals surface area (Å²) >= 11 is 6.10. The van der Waals surface area contributed by atoms with Crippen LogP contribution in [0, 0.1) is 0 Å². The summed E-state index contributed by atoms with van der Waals surface area (Å²) in [5.41, 5.74) is 1.11. The highest BCUT2D eigenvalue weighted by Crippen LogP contribution is 2.40. The minimum absolute atomic E-state index is 0.0731. The number of benzene rings is 2. The van der Waals surface area contributed by atoms with Crippen molar-refractivity contribution in [3.63, 3.8) is 0 Å². The number of hydrogen-bond acceptors (Lipinski definition) is 6. The van der Waals surface area contributed by atoms with E-state index in [9.17, 15) is 4.79 Å². The zero-order chi connectivity index (χ0) is 15.8. The molecule has 0 atom stereocenters. The summed E-state index contributed by atoms with van der Waals surface area (Å²) in [5, 5.41) is 0.425. The van der Waals surface area contributed by atoms with Crippen molar-refractivity contribution >= 4 is 17.6 Å². The van der Waals surface area contributed by atoms with Crippen molar-refractivity contribution in [2.45, 2.75) is 6.61 Å². The van der Waals surface area contributed by atoms with Crippen molar-refractivity contribution in [2.24, 2.45) is 0 Å². The maximum atomic E-state index is 12.1. The van der Waals surface area contributed by atoms with E-state index in [-0.39, 0.29) is 20.2 Å². The molecule has 118 valence electrons. The number of rotatable bonds is 3. The van der Waals surface area contributed by atoms with Crippen LogP contribution in [-0.2, 0) is 11.3 Å². The first-order valence-corrected chi connectivity index (χ1v) is 7.23. The van der Waals surface area contributed by atoms with Crippen LogP contribution in [0.3, 0.4) is 0 Å². The molecular formula is C16H11ClO6. The largest absolute Gasteiger partial charge is 0.457 e. The molecule has 0 saturated carbocycles.